The number of aromatic nitrogens is 3. The van der Waals surface area contributed by atoms with E-state index in [1.165, 1.54) is 5.56 Å². The fraction of sp³-hybridized carbons (Fsp3) is 0.350. The summed E-state index contributed by atoms with van der Waals surface area (Å²) in [7, 11) is 0. The first-order valence-corrected chi connectivity index (χ1v) is 9.02. The molecule has 0 aliphatic carbocycles. The van der Waals surface area contributed by atoms with Crippen LogP contribution in [0.15, 0.2) is 47.4 Å². The van der Waals surface area contributed by atoms with Gasteiger partial charge in [-0.2, -0.15) is 0 Å². The molecule has 7 nitrogen and oxygen atoms in total. The zero-order valence-corrected chi connectivity index (χ0v) is 18.1. The number of benzene rings is 1. The predicted molar refractivity (Wildman–Crippen MR) is 117 cm³/mol. The summed E-state index contributed by atoms with van der Waals surface area (Å²) in [6.07, 6.45) is 4.78. The van der Waals surface area contributed by atoms with E-state index in [1.807, 2.05) is 42.8 Å². The lowest BCUT2D eigenvalue weighted by atomic mass is 10.1. The highest BCUT2D eigenvalue weighted by Crippen LogP contribution is 2.12. The van der Waals surface area contributed by atoms with Crippen molar-refractivity contribution in [3.8, 4) is 0 Å². The Bertz CT molecular complexity index is 876. The molecule has 3 N–H and O–H groups in total. The Morgan fingerprint density at radius 1 is 1.24 bits per heavy atom. The van der Waals surface area contributed by atoms with Crippen LogP contribution in [0.5, 0.6) is 0 Å². The average molecular weight is 440 g/mol. The van der Waals surface area contributed by atoms with Gasteiger partial charge in [0.05, 0.1) is 23.8 Å². The van der Waals surface area contributed by atoms with E-state index < -0.39 is 6.04 Å². The summed E-state index contributed by atoms with van der Waals surface area (Å²) >= 11 is 0. The molecule has 29 heavy (non-hydrogen) atoms. The molecule has 3 aromatic rings. The van der Waals surface area contributed by atoms with Crippen LogP contribution in [0, 0.1) is 13.8 Å². The zero-order chi connectivity index (χ0) is 19.2. The van der Waals surface area contributed by atoms with Crippen molar-refractivity contribution in [2.45, 2.75) is 39.3 Å². The lowest BCUT2D eigenvalue weighted by Crippen LogP contribution is -2.42. The monoisotopic (exact) mass is 439 g/mol. The van der Waals surface area contributed by atoms with Crippen LogP contribution >= 0.6 is 24.8 Å². The van der Waals surface area contributed by atoms with Gasteiger partial charge in [-0.3, -0.25) is 4.79 Å². The fourth-order valence-electron chi connectivity index (χ4n) is 3.01. The van der Waals surface area contributed by atoms with Crippen molar-refractivity contribution in [1.29, 1.82) is 0 Å². The minimum absolute atomic E-state index is 0. The SMILES string of the molecule is Cc1noc(C)c1CCNC(=O)[C@@H](N)Cc1cn(Cc2ccccc2)cn1.Cl.Cl. The highest BCUT2D eigenvalue weighted by Gasteiger charge is 2.16. The summed E-state index contributed by atoms with van der Waals surface area (Å²) in [5.41, 5.74) is 9.93. The van der Waals surface area contributed by atoms with Crippen molar-refractivity contribution in [3.05, 3.63) is 71.1 Å². The Morgan fingerprint density at radius 3 is 2.62 bits per heavy atom. The molecule has 1 atom stereocenters. The van der Waals surface area contributed by atoms with Crippen LogP contribution in [-0.2, 0) is 24.2 Å². The van der Waals surface area contributed by atoms with Crippen molar-refractivity contribution < 1.29 is 9.32 Å². The molecule has 0 radical (unpaired) electrons. The fourth-order valence-corrected chi connectivity index (χ4v) is 3.01. The summed E-state index contributed by atoms with van der Waals surface area (Å²) in [5, 5.41) is 6.79. The Kier molecular flexibility index (Phi) is 9.88. The molecular formula is C20H27Cl2N5O2. The Balaban J connectivity index is 0.00000210. The summed E-state index contributed by atoms with van der Waals surface area (Å²) in [4.78, 5) is 16.6. The van der Waals surface area contributed by atoms with Crippen LogP contribution < -0.4 is 11.1 Å². The van der Waals surface area contributed by atoms with Gasteiger partial charge in [-0.25, -0.2) is 4.98 Å². The maximum Gasteiger partial charge on any atom is 0.237 e. The number of halogens is 2. The van der Waals surface area contributed by atoms with E-state index >= 15 is 0 Å². The molecule has 0 unspecified atom stereocenters. The summed E-state index contributed by atoms with van der Waals surface area (Å²) < 4.78 is 7.12. The Labute approximate surface area is 182 Å². The van der Waals surface area contributed by atoms with Gasteiger partial charge in [0.25, 0.3) is 0 Å². The first-order valence-electron chi connectivity index (χ1n) is 9.02. The molecule has 0 bridgehead atoms. The maximum atomic E-state index is 12.2. The molecule has 158 valence electrons. The first kappa shape index (κ1) is 24.7. The van der Waals surface area contributed by atoms with Crippen molar-refractivity contribution in [3.63, 3.8) is 0 Å². The number of amides is 1. The van der Waals surface area contributed by atoms with Crippen LogP contribution in [0.1, 0.15) is 28.3 Å². The Morgan fingerprint density at radius 2 is 1.97 bits per heavy atom. The van der Waals surface area contributed by atoms with Gasteiger partial charge < -0.3 is 20.1 Å². The number of nitrogens with two attached hydrogens (primary N) is 1. The molecule has 0 saturated carbocycles. The van der Waals surface area contributed by atoms with Gasteiger partial charge in [-0.1, -0.05) is 35.5 Å². The number of hydrogen-bond donors (Lipinski definition) is 2. The molecule has 0 saturated heterocycles. The van der Waals surface area contributed by atoms with E-state index in [9.17, 15) is 4.79 Å². The van der Waals surface area contributed by atoms with E-state index in [0.717, 1.165) is 29.3 Å². The normalized spacial score (nSPS) is 11.3. The largest absolute Gasteiger partial charge is 0.361 e. The molecule has 0 spiro atoms. The second kappa shape index (κ2) is 11.6. The van der Waals surface area contributed by atoms with Crippen LogP contribution in [0.25, 0.3) is 0 Å². The van der Waals surface area contributed by atoms with Gasteiger partial charge in [0, 0.05) is 31.3 Å². The number of carbonyl (C=O) groups is 1. The van der Waals surface area contributed by atoms with E-state index in [4.69, 9.17) is 10.3 Å². The second-order valence-electron chi connectivity index (χ2n) is 6.68. The van der Waals surface area contributed by atoms with Crippen molar-refractivity contribution in [2.24, 2.45) is 5.73 Å². The zero-order valence-electron chi connectivity index (χ0n) is 16.5. The summed E-state index contributed by atoms with van der Waals surface area (Å²) in [6.45, 7) is 5.00. The third-order valence-electron chi connectivity index (χ3n) is 4.52. The second-order valence-corrected chi connectivity index (χ2v) is 6.68. The van der Waals surface area contributed by atoms with E-state index in [1.54, 1.807) is 6.33 Å². The highest BCUT2D eigenvalue weighted by atomic mass is 35.5. The van der Waals surface area contributed by atoms with Crippen LogP contribution in [-0.4, -0.2) is 33.2 Å². The average Bonchev–Trinajstić information content (AvgIpc) is 3.23. The molecule has 2 heterocycles. The third kappa shape index (κ3) is 6.88. The minimum Gasteiger partial charge on any atom is -0.361 e. The quantitative estimate of drug-likeness (QED) is 0.561. The molecule has 0 aliphatic heterocycles. The standard InChI is InChI=1S/C20H25N5O2.2ClH/c1-14-18(15(2)27-24-14)8-9-22-20(26)19(21)10-17-12-25(13-23-17)11-16-6-4-3-5-7-16;;/h3-7,12-13,19H,8-11,21H2,1-2H3,(H,22,26);2*1H/t19-;;/m0../s1. The maximum absolute atomic E-state index is 12.2. The van der Waals surface area contributed by atoms with Gasteiger partial charge in [0.2, 0.25) is 5.91 Å². The molecule has 1 amide bonds. The molecule has 0 fully saturated rings. The van der Waals surface area contributed by atoms with Crippen LogP contribution in [0.3, 0.4) is 0 Å². The van der Waals surface area contributed by atoms with Gasteiger partial charge >= 0.3 is 0 Å². The molecule has 3 rings (SSSR count). The lowest BCUT2D eigenvalue weighted by Gasteiger charge is -2.11. The number of nitrogens with one attached hydrogen (secondary N) is 1. The van der Waals surface area contributed by atoms with Gasteiger partial charge in [0.15, 0.2) is 0 Å². The summed E-state index contributed by atoms with van der Waals surface area (Å²) in [6, 6.07) is 9.52. The predicted octanol–water partition coefficient (Wildman–Crippen LogP) is 2.61. The van der Waals surface area contributed by atoms with Crippen molar-refractivity contribution in [1.82, 2.24) is 20.0 Å². The van der Waals surface area contributed by atoms with Crippen LogP contribution in [0.2, 0.25) is 0 Å². The topological polar surface area (TPSA) is 99.0 Å². The van der Waals surface area contributed by atoms with E-state index in [2.05, 4.69) is 27.6 Å². The number of nitrogens with zero attached hydrogens (tertiary/aromatic N) is 3. The molecule has 1 aromatic carbocycles. The van der Waals surface area contributed by atoms with Gasteiger partial charge in [-0.05, 0) is 25.8 Å². The van der Waals surface area contributed by atoms with Crippen molar-refractivity contribution in [2.75, 3.05) is 6.54 Å². The molecule has 9 heteroatoms. The van der Waals surface area contributed by atoms with E-state index in [-0.39, 0.29) is 30.7 Å². The number of imidazole rings is 1. The number of carbonyl (C=O) groups excluding carboxylic acids is 1. The molecular weight excluding hydrogens is 413 g/mol. The third-order valence-corrected chi connectivity index (χ3v) is 4.52. The number of hydrogen-bond acceptors (Lipinski definition) is 5. The van der Waals surface area contributed by atoms with Gasteiger partial charge in [0.1, 0.15) is 5.76 Å². The number of aryl methyl sites for hydroxylation is 2. The van der Waals surface area contributed by atoms with Crippen LogP contribution in [0.4, 0.5) is 0 Å². The minimum atomic E-state index is -0.630. The highest BCUT2D eigenvalue weighted by molar-refractivity contribution is 5.85. The lowest BCUT2D eigenvalue weighted by molar-refractivity contribution is -0.122. The molecule has 0 aliphatic rings. The number of rotatable bonds is 8. The molecule has 2 aromatic heterocycles. The summed E-state index contributed by atoms with van der Waals surface area (Å²) in [5.74, 6) is 0.606. The van der Waals surface area contributed by atoms with Crippen molar-refractivity contribution >= 4 is 30.7 Å². The Hall–Kier alpha value is -2.35. The van der Waals surface area contributed by atoms with E-state index in [0.29, 0.717) is 19.4 Å². The smallest absolute Gasteiger partial charge is 0.237 e. The van der Waals surface area contributed by atoms with Gasteiger partial charge in [-0.15, -0.1) is 24.8 Å². The first-order chi connectivity index (χ1) is 13.0.